The molecule has 0 heterocycles. The van der Waals surface area contributed by atoms with Gasteiger partial charge in [0.15, 0.2) is 0 Å². The van der Waals surface area contributed by atoms with Crippen molar-refractivity contribution in [3.63, 3.8) is 0 Å². The van der Waals surface area contributed by atoms with Crippen LogP contribution in [0, 0.1) is 0 Å². The maximum absolute atomic E-state index is 12.4. The summed E-state index contributed by atoms with van der Waals surface area (Å²) in [5, 5.41) is 3.40. The first-order valence-electron chi connectivity index (χ1n) is 7.35. The van der Waals surface area contributed by atoms with Gasteiger partial charge in [0.25, 0.3) is 5.91 Å². The van der Waals surface area contributed by atoms with Gasteiger partial charge in [0.05, 0.1) is 19.8 Å². The largest absolute Gasteiger partial charge is 0.496 e. The normalized spacial score (nSPS) is 10.7. The van der Waals surface area contributed by atoms with Gasteiger partial charge in [-0.05, 0) is 50.2 Å². The highest BCUT2D eigenvalue weighted by atomic mass is 35.5. The van der Waals surface area contributed by atoms with E-state index >= 15 is 0 Å². The van der Waals surface area contributed by atoms with Crippen molar-refractivity contribution >= 4 is 23.2 Å². The van der Waals surface area contributed by atoms with Gasteiger partial charge in [-0.1, -0.05) is 17.7 Å². The summed E-state index contributed by atoms with van der Waals surface area (Å²) in [4.78, 5) is 12.4. The first-order valence-corrected chi connectivity index (χ1v) is 7.73. The molecule has 4 nitrogen and oxygen atoms in total. The third-order valence-corrected chi connectivity index (χ3v) is 3.43. The van der Waals surface area contributed by atoms with Crippen LogP contribution in [0.25, 0.3) is 0 Å². The zero-order chi connectivity index (χ0) is 16.8. The number of ether oxygens (including phenoxy) is 2. The number of methoxy groups -OCH3 is 1. The lowest BCUT2D eigenvalue weighted by Crippen LogP contribution is -2.13. The van der Waals surface area contributed by atoms with Gasteiger partial charge in [-0.15, -0.1) is 0 Å². The van der Waals surface area contributed by atoms with Crippen LogP contribution in [0.5, 0.6) is 5.75 Å². The first kappa shape index (κ1) is 17.3. The van der Waals surface area contributed by atoms with Gasteiger partial charge in [0.1, 0.15) is 5.75 Å². The highest BCUT2D eigenvalue weighted by Gasteiger charge is 2.11. The lowest BCUT2D eigenvalue weighted by atomic mass is 10.1. The van der Waals surface area contributed by atoms with E-state index in [1.165, 1.54) is 0 Å². The molecule has 2 rings (SSSR count). The van der Waals surface area contributed by atoms with E-state index in [1.54, 1.807) is 49.6 Å². The van der Waals surface area contributed by atoms with E-state index in [0.717, 1.165) is 5.56 Å². The molecule has 0 aromatic heterocycles. The van der Waals surface area contributed by atoms with E-state index in [9.17, 15) is 4.79 Å². The van der Waals surface area contributed by atoms with Gasteiger partial charge in [-0.2, -0.15) is 0 Å². The molecule has 0 saturated heterocycles. The van der Waals surface area contributed by atoms with Crippen LogP contribution in [0.4, 0.5) is 5.69 Å². The lowest BCUT2D eigenvalue weighted by Gasteiger charge is -2.13. The summed E-state index contributed by atoms with van der Waals surface area (Å²) in [5.74, 6) is 0.491. The Morgan fingerprint density at radius 2 is 2.00 bits per heavy atom. The quantitative estimate of drug-likeness (QED) is 0.845. The van der Waals surface area contributed by atoms with Crippen LogP contribution < -0.4 is 10.1 Å². The van der Waals surface area contributed by atoms with Gasteiger partial charge in [0.2, 0.25) is 0 Å². The molecule has 1 N–H and O–H groups in total. The van der Waals surface area contributed by atoms with Crippen molar-refractivity contribution in [2.45, 2.75) is 26.6 Å². The fraction of sp³-hybridized carbons (Fsp3) is 0.278. The van der Waals surface area contributed by atoms with Gasteiger partial charge in [-0.3, -0.25) is 4.79 Å². The summed E-state index contributed by atoms with van der Waals surface area (Å²) in [7, 11) is 1.60. The molecule has 5 heteroatoms. The zero-order valence-electron chi connectivity index (χ0n) is 13.4. The second kappa shape index (κ2) is 7.99. The Labute approximate surface area is 141 Å². The number of amides is 1. The molecule has 2 aromatic carbocycles. The number of anilines is 1. The lowest BCUT2D eigenvalue weighted by molar-refractivity contribution is 0.0644. The van der Waals surface area contributed by atoms with E-state index in [1.807, 2.05) is 13.8 Å². The molecular weight excluding hydrogens is 314 g/mol. The van der Waals surface area contributed by atoms with Crippen molar-refractivity contribution in [3.8, 4) is 5.75 Å². The average Bonchev–Trinajstić information content (AvgIpc) is 2.52. The fourth-order valence-electron chi connectivity index (χ4n) is 2.06. The number of carbonyl (C=O) groups excluding carboxylic acids is 1. The Morgan fingerprint density at radius 1 is 1.22 bits per heavy atom. The van der Waals surface area contributed by atoms with E-state index in [4.69, 9.17) is 21.1 Å². The summed E-state index contributed by atoms with van der Waals surface area (Å²) in [6.45, 7) is 4.31. The number of nitrogens with one attached hydrogen (secondary N) is 1. The van der Waals surface area contributed by atoms with Crippen LogP contribution in [-0.4, -0.2) is 19.1 Å². The summed E-state index contributed by atoms with van der Waals surface area (Å²) in [6, 6.07) is 12.3. The molecule has 23 heavy (non-hydrogen) atoms. The van der Waals surface area contributed by atoms with Crippen molar-refractivity contribution in [1.82, 2.24) is 0 Å². The minimum absolute atomic E-state index is 0.101. The maximum atomic E-state index is 12.4. The molecule has 1 amide bonds. The van der Waals surface area contributed by atoms with Crippen LogP contribution in [-0.2, 0) is 11.3 Å². The third kappa shape index (κ3) is 4.98. The number of hydrogen-bond donors (Lipinski definition) is 1. The summed E-state index contributed by atoms with van der Waals surface area (Å²) >= 11 is 5.93. The van der Waals surface area contributed by atoms with Crippen molar-refractivity contribution in [2.75, 3.05) is 12.4 Å². The predicted molar refractivity (Wildman–Crippen MR) is 92.3 cm³/mol. The molecule has 0 radical (unpaired) electrons. The molecule has 0 spiro atoms. The first-order chi connectivity index (χ1) is 11.0. The summed E-state index contributed by atoms with van der Waals surface area (Å²) in [6.07, 6.45) is 0.101. The highest BCUT2D eigenvalue weighted by Crippen LogP contribution is 2.22. The van der Waals surface area contributed by atoms with Gasteiger partial charge >= 0.3 is 0 Å². The molecule has 2 aromatic rings. The average molecular weight is 334 g/mol. The second-order valence-electron chi connectivity index (χ2n) is 5.35. The van der Waals surface area contributed by atoms with Crippen molar-refractivity contribution < 1.29 is 14.3 Å². The summed E-state index contributed by atoms with van der Waals surface area (Å²) in [5.41, 5.74) is 2.02. The molecule has 0 aliphatic carbocycles. The van der Waals surface area contributed by atoms with Gasteiger partial charge < -0.3 is 14.8 Å². The Morgan fingerprint density at radius 3 is 2.65 bits per heavy atom. The van der Waals surface area contributed by atoms with Crippen LogP contribution in [0.3, 0.4) is 0 Å². The molecule has 122 valence electrons. The number of rotatable bonds is 6. The van der Waals surface area contributed by atoms with E-state index < -0.39 is 0 Å². The molecule has 0 aliphatic heterocycles. The minimum atomic E-state index is -0.208. The van der Waals surface area contributed by atoms with Crippen molar-refractivity contribution in [1.29, 1.82) is 0 Å². The van der Waals surface area contributed by atoms with Crippen LogP contribution in [0.2, 0.25) is 5.02 Å². The second-order valence-corrected chi connectivity index (χ2v) is 5.79. The SMILES string of the molecule is COc1ccc(C(=O)Nc2cccc(Cl)c2)cc1COC(C)C. The number of hydrogen-bond acceptors (Lipinski definition) is 3. The smallest absolute Gasteiger partial charge is 0.255 e. The molecule has 0 aliphatic rings. The van der Waals surface area contributed by atoms with Crippen molar-refractivity contribution in [2.24, 2.45) is 0 Å². The van der Waals surface area contributed by atoms with E-state index in [-0.39, 0.29) is 12.0 Å². The zero-order valence-corrected chi connectivity index (χ0v) is 14.2. The predicted octanol–water partition coefficient (Wildman–Crippen LogP) is 4.53. The standard InChI is InChI=1S/C18H20ClNO3/c1-12(2)23-11-14-9-13(7-8-17(14)22-3)18(21)20-16-6-4-5-15(19)10-16/h4-10,12H,11H2,1-3H3,(H,20,21). The maximum Gasteiger partial charge on any atom is 0.255 e. The molecule has 0 saturated carbocycles. The fourth-order valence-corrected chi connectivity index (χ4v) is 2.25. The Bertz CT molecular complexity index is 686. The Hall–Kier alpha value is -2.04. The monoisotopic (exact) mass is 333 g/mol. The number of benzene rings is 2. The third-order valence-electron chi connectivity index (χ3n) is 3.20. The number of carbonyl (C=O) groups is 1. The topological polar surface area (TPSA) is 47.6 Å². The van der Waals surface area contributed by atoms with Gasteiger partial charge in [0, 0.05) is 21.8 Å². The van der Waals surface area contributed by atoms with Gasteiger partial charge in [-0.25, -0.2) is 0 Å². The van der Waals surface area contributed by atoms with E-state index in [0.29, 0.717) is 28.6 Å². The van der Waals surface area contributed by atoms with Crippen LogP contribution >= 0.6 is 11.6 Å². The molecule has 0 atom stereocenters. The van der Waals surface area contributed by atoms with E-state index in [2.05, 4.69) is 5.32 Å². The van der Waals surface area contributed by atoms with Crippen molar-refractivity contribution in [3.05, 3.63) is 58.6 Å². The number of halogens is 1. The highest BCUT2D eigenvalue weighted by molar-refractivity contribution is 6.30. The van der Waals surface area contributed by atoms with Crippen LogP contribution in [0.1, 0.15) is 29.8 Å². The molecule has 0 fully saturated rings. The Kier molecular flexibility index (Phi) is 6.02. The molecule has 0 bridgehead atoms. The Balaban J connectivity index is 2.18. The summed E-state index contributed by atoms with van der Waals surface area (Å²) < 4.78 is 10.9. The van der Waals surface area contributed by atoms with Crippen LogP contribution in [0.15, 0.2) is 42.5 Å². The molecular formula is C18H20ClNO3. The minimum Gasteiger partial charge on any atom is -0.496 e. The molecule has 0 unspecified atom stereocenters.